The molecule has 2 aromatic rings. The standard InChI is InChI=1S/C16H23N3O2.ClH/c1-2-8-20-16-13-10-18-19-14(13)6-7-15(16)21-12-5-3-4-11(17)9-12;/h6-7,10-12H,2-5,8-9,17H2,1H3,(H,18,19);1H/t11-,12+;/m1./s1. The van der Waals surface area contributed by atoms with Gasteiger partial charge in [-0.3, -0.25) is 5.10 Å². The molecule has 1 aliphatic carbocycles. The highest BCUT2D eigenvalue weighted by molar-refractivity contribution is 5.87. The van der Waals surface area contributed by atoms with Crippen LogP contribution in [-0.4, -0.2) is 29.0 Å². The van der Waals surface area contributed by atoms with E-state index in [0.29, 0.717) is 6.61 Å². The number of aromatic nitrogens is 2. The van der Waals surface area contributed by atoms with Crippen LogP contribution in [0.3, 0.4) is 0 Å². The molecule has 1 aromatic heterocycles. The number of H-pyrrole nitrogens is 1. The Kier molecular flexibility index (Phi) is 5.91. The zero-order chi connectivity index (χ0) is 14.7. The van der Waals surface area contributed by atoms with Gasteiger partial charge in [0.25, 0.3) is 0 Å². The molecule has 2 atom stereocenters. The largest absolute Gasteiger partial charge is 0.489 e. The number of hydrogen-bond acceptors (Lipinski definition) is 4. The van der Waals surface area contributed by atoms with Gasteiger partial charge in [0, 0.05) is 6.04 Å². The maximum atomic E-state index is 6.18. The third kappa shape index (κ3) is 3.65. The zero-order valence-electron chi connectivity index (χ0n) is 12.9. The second-order valence-electron chi connectivity index (χ2n) is 5.74. The van der Waals surface area contributed by atoms with Crippen molar-refractivity contribution in [3.63, 3.8) is 0 Å². The van der Waals surface area contributed by atoms with Crippen LogP contribution in [0.1, 0.15) is 39.0 Å². The van der Waals surface area contributed by atoms with Gasteiger partial charge >= 0.3 is 0 Å². The van der Waals surface area contributed by atoms with E-state index in [9.17, 15) is 0 Å². The van der Waals surface area contributed by atoms with E-state index in [0.717, 1.165) is 54.5 Å². The molecule has 6 heteroatoms. The Morgan fingerprint density at radius 1 is 1.36 bits per heavy atom. The van der Waals surface area contributed by atoms with E-state index in [1.165, 1.54) is 0 Å². The van der Waals surface area contributed by atoms with Crippen LogP contribution in [-0.2, 0) is 0 Å². The molecule has 0 saturated heterocycles. The molecule has 22 heavy (non-hydrogen) atoms. The SMILES string of the molecule is CCCOc1c(O[C@H]2CCC[C@@H](N)C2)ccc2[nH]ncc12.Cl. The Balaban J connectivity index is 0.00000176. The lowest BCUT2D eigenvalue weighted by Crippen LogP contribution is -2.33. The van der Waals surface area contributed by atoms with Gasteiger partial charge in [-0.15, -0.1) is 12.4 Å². The summed E-state index contributed by atoms with van der Waals surface area (Å²) in [4.78, 5) is 0. The van der Waals surface area contributed by atoms with Crippen molar-refractivity contribution in [2.24, 2.45) is 5.73 Å². The Morgan fingerprint density at radius 3 is 3.00 bits per heavy atom. The first-order valence-electron chi connectivity index (χ1n) is 7.79. The molecule has 0 amide bonds. The molecule has 0 radical (unpaired) electrons. The van der Waals surface area contributed by atoms with Gasteiger partial charge in [0.05, 0.1) is 23.7 Å². The number of nitrogens with two attached hydrogens (primary N) is 1. The van der Waals surface area contributed by atoms with Gasteiger partial charge in [0.1, 0.15) is 6.10 Å². The monoisotopic (exact) mass is 325 g/mol. The van der Waals surface area contributed by atoms with Crippen molar-refractivity contribution in [1.82, 2.24) is 10.2 Å². The van der Waals surface area contributed by atoms with E-state index in [-0.39, 0.29) is 24.6 Å². The van der Waals surface area contributed by atoms with Gasteiger partial charge in [-0.25, -0.2) is 0 Å². The molecule has 5 nitrogen and oxygen atoms in total. The topological polar surface area (TPSA) is 73.2 Å². The first-order chi connectivity index (χ1) is 10.3. The van der Waals surface area contributed by atoms with Gasteiger partial charge in [-0.05, 0) is 44.2 Å². The van der Waals surface area contributed by atoms with Crippen molar-refractivity contribution in [2.75, 3.05) is 6.61 Å². The molecule has 1 heterocycles. The third-order valence-corrected chi connectivity index (χ3v) is 3.95. The number of ether oxygens (including phenoxy) is 2. The normalized spacial score (nSPS) is 21.4. The van der Waals surface area contributed by atoms with Gasteiger partial charge in [0.15, 0.2) is 11.5 Å². The molecule has 0 bridgehead atoms. The molecule has 122 valence electrons. The molecule has 1 aromatic carbocycles. The van der Waals surface area contributed by atoms with E-state index in [1.807, 2.05) is 12.1 Å². The van der Waals surface area contributed by atoms with Crippen molar-refractivity contribution >= 4 is 23.3 Å². The van der Waals surface area contributed by atoms with Crippen LogP contribution in [0.25, 0.3) is 10.9 Å². The number of aromatic amines is 1. The second kappa shape index (κ2) is 7.70. The van der Waals surface area contributed by atoms with Crippen molar-refractivity contribution in [1.29, 1.82) is 0 Å². The lowest BCUT2D eigenvalue weighted by Gasteiger charge is -2.28. The Morgan fingerprint density at radius 2 is 2.23 bits per heavy atom. The Labute approximate surface area is 137 Å². The summed E-state index contributed by atoms with van der Waals surface area (Å²) in [6.45, 7) is 2.76. The first-order valence-corrected chi connectivity index (χ1v) is 7.79. The summed E-state index contributed by atoms with van der Waals surface area (Å²) in [5, 5.41) is 8.03. The van der Waals surface area contributed by atoms with E-state index < -0.39 is 0 Å². The smallest absolute Gasteiger partial charge is 0.172 e. The highest BCUT2D eigenvalue weighted by atomic mass is 35.5. The predicted molar refractivity (Wildman–Crippen MR) is 90.0 cm³/mol. The minimum absolute atomic E-state index is 0. The van der Waals surface area contributed by atoms with Gasteiger partial charge in [0.2, 0.25) is 0 Å². The highest BCUT2D eigenvalue weighted by Crippen LogP contribution is 2.37. The molecule has 0 unspecified atom stereocenters. The number of benzene rings is 1. The maximum Gasteiger partial charge on any atom is 0.172 e. The molecule has 1 saturated carbocycles. The Hall–Kier alpha value is -1.46. The number of nitrogens with one attached hydrogen (secondary N) is 1. The molecule has 0 spiro atoms. The van der Waals surface area contributed by atoms with Crippen LogP contribution >= 0.6 is 12.4 Å². The Bertz CT molecular complexity index is 602. The highest BCUT2D eigenvalue weighted by Gasteiger charge is 2.22. The van der Waals surface area contributed by atoms with Gasteiger partial charge in [-0.2, -0.15) is 5.10 Å². The summed E-state index contributed by atoms with van der Waals surface area (Å²) in [5.74, 6) is 1.60. The summed E-state index contributed by atoms with van der Waals surface area (Å²) in [7, 11) is 0. The average molecular weight is 326 g/mol. The van der Waals surface area contributed by atoms with Crippen LogP contribution < -0.4 is 15.2 Å². The first kappa shape index (κ1) is 16.9. The minimum Gasteiger partial charge on any atom is -0.489 e. The lowest BCUT2D eigenvalue weighted by atomic mass is 9.93. The van der Waals surface area contributed by atoms with E-state index in [1.54, 1.807) is 6.20 Å². The van der Waals surface area contributed by atoms with E-state index in [4.69, 9.17) is 15.2 Å². The second-order valence-corrected chi connectivity index (χ2v) is 5.74. The van der Waals surface area contributed by atoms with Crippen molar-refractivity contribution in [3.8, 4) is 11.5 Å². The summed E-state index contributed by atoms with van der Waals surface area (Å²) in [6.07, 6.45) is 7.13. The molecular formula is C16H24ClN3O2. The van der Waals surface area contributed by atoms with Crippen LogP contribution in [0.4, 0.5) is 0 Å². The van der Waals surface area contributed by atoms with Crippen LogP contribution in [0.15, 0.2) is 18.3 Å². The van der Waals surface area contributed by atoms with Crippen molar-refractivity contribution in [3.05, 3.63) is 18.3 Å². The van der Waals surface area contributed by atoms with Crippen LogP contribution in [0.5, 0.6) is 11.5 Å². The number of halogens is 1. The summed E-state index contributed by atoms with van der Waals surface area (Å²) in [5.41, 5.74) is 7.01. The molecule has 1 fully saturated rings. The quantitative estimate of drug-likeness (QED) is 0.883. The molecular weight excluding hydrogens is 302 g/mol. The van der Waals surface area contributed by atoms with Gasteiger partial charge in [-0.1, -0.05) is 6.92 Å². The third-order valence-electron chi connectivity index (χ3n) is 3.95. The zero-order valence-corrected chi connectivity index (χ0v) is 13.7. The van der Waals surface area contributed by atoms with Crippen LogP contribution in [0, 0.1) is 0 Å². The number of rotatable bonds is 5. The average Bonchev–Trinajstić information content (AvgIpc) is 2.95. The van der Waals surface area contributed by atoms with Crippen LogP contribution in [0.2, 0.25) is 0 Å². The summed E-state index contributed by atoms with van der Waals surface area (Å²) >= 11 is 0. The molecule has 3 rings (SSSR count). The maximum absolute atomic E-state index is 6.18. The van der Waals surface area contributed by atoms with Crippen molar-refractivity contribution in [2.45, 2.75) is 51.2 Å². The number of hydrogen-bond donors (Lipinski definition) is 2. The van der Waals surface area contributed by atoms with E-state index >= 15 is 0 Å². The number of nitrogens with zero attached hydrogens (tertiary/aromatic N) is 1. The fourth-order valence-corrected chi connectivity index (χ4v) is 2.89. The number of fused-ring (bicyclic) bond motifs is 1. The molecule has 1 aliphatic rings. The van der Waals surface area contributed by atoms with Gasteiger partial charge < -0.3 is 15.2 Å². The predicted octanol–water partition coefficient (Wildman–Crippen LogP) is 3.42. The lowest BCUT2D eigenvalue weighted by molar-refractivity contribution is 0.138. The van der Waals surface area contributed by atoms with E-state index in [2.05, 4.69) is 17.1 Å². The minimum atomic E-state index is 0. The summed E-state index contributed by atoms with van der Waals surface area (Å²) in [6, 6.07) is 4.20. The molecule has 0 aliphatic heterocycles. The van der Waals surface area contributed by atoms with Crippen molar-refractivity contribution < 1.29 is 9.47 Å². The summed E-state index contributed by atoms with van der Waals surface area (Å²) < 4.78 is 12.1. The fourth-order valence-electron chi connectivity index (χ4n) is 2.89. The molecule has 3 N–H and O–H groups in total. The fraction of sp³-hybridized carbons (Fsp3) is 0.562.